The van der Waals surface area contributed by atoms with Crippen molar-refractivity contribution in [3.8, 4) is 11.5 Å². The average Bonchev–Trinajstić information content (AvgIpc) is 3.01. The van der Waals surface area contributed by atoms with Gasteiger partial charge in [0.1, 0.15) is 23.4 Å². The van der Waals surface area contributed by atoms with Gasteiger partial charge in [-0.15, -0.1) is 0 Å². The van der Waals surface area contributed by atoms with Crippen LogP contribution in [-0.2, 0) is 4.79 Å². The summed E-state index contributed by atoms with van der Waals surface area (Å²) in [5.74, 6) is -4.61. The lowest BCUT2D eigenvalue weighted by Gasteiger charge is -2.45. The molecule has 0 aromatic heterocycles. The topological polar surface area (TPSA) is 130 Å². The summed E-state index contributed by atoms with van der Waals surface area (Å²) >= 11 is 0. The first-order valence-electron chi connectivity index (χ1n) is 15.2. The zero-order chi connectivity index (χ0) is 32.7. The number of likely N-dealkylation sites (tertiary alicyclic amines) is 1. The second kappa shape index (κ2) is 15.2. The Morgan fingerprint density at radius 2 is 1.47 bits per heavy atom. The Balaban J connectivity index is 1.77. The smallest absolute Gasteiger partial charge is 0.239 e. The van der Waals surface area contributed by atoms with Gasteiger partial charge in [-0.05, 0) is 81.9 Å². The van der Waals surface area contributed by atoms with Crippen molar-refractivity contribution in [3.05, 3.63) is 94.8 Å². The van der Waals surface area contributed by atoms with Crippen LogP contribution in [-0.4, -0.2) is 95.5 Å². The Hall–Kier alpha value is -4.12. The minimum absolute atomic E-state index is 0.00178. The minimum Gasteiger partial charge on any atom is -0.508 e. The number of phenols is 2. The Morgan fingerprint density at radius 3 is 1.98 bits per heavy atom. The van der Waals surface area contributed by atoms with Crippen LogP contribution in [0.25, 0.3) is 0 Å². The third kappa shape index (κ3) is 8.13. The van der Waals surface area contributed by atoms with Crippen molar-refractivity contribution >= 4 is 17.5 Å². The second-order valence-electron chi connectivity index (χ2n) is 12.0. The molecule has 1 aliphatic heterocycles. The molecule has 0 radical (unpaired) electrons. The number of benzene rings is 3. The summed E-state index contributed by atoms with van der Waals surface area (Å²) < 4.78 is 15.0. The Labute approximate surface area is 263 Å². The molecule has 1 heterocycles. The van der Waals surface area contributed by atoms with Crippen LogP contribution in [0.5, 0.6) is 11.5 Å². The maximum Gasteiger partial charge on any atom is 0.239 e. The molecule has 0 spiro atoms. The van der Waals surface area contributed by atoms with Gasteiger partial charge in [0.2, 0.25) is 5.91 Å². The average molecular weight is 620 g/mol. The van der Waals surface area contributed by atoms with Crippen LogP contribution in [0.3, 0.4) is 0 Å². The van der Waals surface area contributed by atoms with Gasteiger partial charge in [0, 0.05) is 48.5 Å². The van der Waals surface area contributed by atoms with E-state index < -0.39 is 53.7 Å². The van der Waals surface area contributed by atoms with Gasteiger partial charge in [0.25, 0.3) is 0 Å². The summed E-state index contributed by atoms with van der Waals surface area (Å²) in [4.78, 5) is 45.6. The number of aromatic hydroxyl groups is 2. The number of Topliss-reactive ketones (excluding diaryl/α,β-unsaturated/α-hetero) is 2. The lowest BCUT2D eigenvalue weighted by atomic mass is 9.67. The summed E-state index contributed by atoms with van der Waals surface area (Å²) in [6.07, 6.45) is 1.61. The number of amides is 1. The molecule has 1 saturated heterocycles. The van der Waals surface area contributed by atoms with E-state index in [9.17, 15) is 34.1 Å². The van der Waals surface area contributed by atoms with Crippen LogP contribution in [0.1, 0.15) is 50.6 Å². The number of hydrogen-bond acceptors (Lipinski definition) is 8. The molecule has 3 atom stereocenters. The Bertz CT molecular complexity index is 1440. The van der Waals surface area contributed by atoms with Crippen LogP contribution in [0.15, 0.2) is 66.7 Å². The first-order valence-corrected chi connectivity index (χ1v) is 15.2. The number of piperidine rings is 1. The van der Waals surface area contributed by atoms with E-state index in [1.54, 1.807) is 42.2 Å². The predicted octanol–water partition coefficient (Wildman–Crippen LogP) is 3.76. The molecular weight excluding hydrogens is 577 g/mol. The largest absolute Gasteiger partial charge is 0.508 e. The molecule has 4 rings (SSSR count). The Morgan fingerprint density at radius 1 is 0.911 bits per heavy atom. The highest BCUT2D eigenvalue weighted by Gasteiger charge is 2.47. The number of halogens is 1. The van der Waals surface area contributed by atoms with Crippen LogP contribution >= 0.6 is 0 Å². The molecule has 1 fully saturated rings. The van der Waals surface area contributed by atoms with Crippen LogP contribution < -0.4 is 5.32 Å². The van der Waals surface area contributed by atoms with Crippen molar-refractivity contribution in [2.45, 2.75) is 31.7 Å². The van der Waals surface area contributed by atoms with Gasteiger partial charge in [0.15, 0.2) is 11.6 Å². The molecule has 1 unspecified atom stereocenters. The molecule has 0 aliphatic carbocycles. The zero-order valence-electron chi connectivity index (χ0n) is 25.9. The van der Waals surface area contributed by atoms with Crippen molar-refractivity contribution in [3.63, 3.8) is 0 Å². The number of carbonyl (C=O) groups excluding carboxylic acids is 3. The number of nitrogens with zero attached hydrogens (tertiary/aromatic N) is 2. The molecule has 45 heavy (non-hydrogen) atoms. The number of rotatable bonds is 13. The summed E-state index contributed by atoms with van der Waals surface area (Å²) in [5.41, 5.74) is 1.19. The molecular formula is C35H42FN3O6. The van der Waals surface area contributed by atoms with E-state index in [1.807, 2.05) is 14.1 Å². The van der Waals surface area contributed by atoms with E-state index in [-0.39, 0.29) is 35.7 Å². The maximum absolute atomic E-state index is 15.0. The standard InChI is InChI=1S/C35H42FN3O6/c1-22-27(13-8-14-30(22)36)32-28(33(43)23-9-6-11-25(41)17-23)19-39(20-29(32)34(44)24-10-7-12-26(42)18-24)31(21-40)35(45)37-15-4-5-16-38(2)3/h6-14,17-18,28-29,31-32,40-42H,4-5,15-16,19-21H2,1-3H3,(H,37,45)/t28-,29-,31?/m0/s1. The molecule has 3 aromatic carbocycles. The van der Waals surface area contributed by atoms with Crippen molar-refractivity contribution in [2.24, 2.45) is 11.8 Å². The second-order valence-corrected chi connectivity index (χ2v) is 12.0. The number of unbranched alkanes of at least 4 members (excludes halogenated alkanes) is 1. The number of aliphatic hydroxyl groups excluding tert-OH is 1. The number of nitrogens with one attached hydrogen (secondary N) is 1. The normalized spacial score (nSPS) is 18.1. The molecule has 1 amide bonds. The maximum atomic E-state index is 15.0. The summed E-state index contributed by atoms with van der Waals surface area (Å²) in [7, 11) is 3.94. The van der Waals surface area contributed by atoms with Crippen LogP contribution in [0.4, 0.5) is 4.39 Å². The third-order valence-corrected chi connectivity index (χ3v) is 8.58. The Kier molecular flexibility index (Phi) is 11.4. The van der Waals surface area contributed by atoms with Crippen LogP contribution in [0.2, 0.25) is 0 Å². The van der Waals surface area contributed by atoms with Gasteiger partial charge in [-0.1, -0.05) is 36.4 Å². The van der Waals surface area contributed by atoms with Gasteiger partial charge in [-0.3, -0.25) is 19.3 Å². The fourth-order valence-corrected chi connectivity index (χ4v) is 6.25. The highest BCUT2D eigenvalue weighted by Crippen LogP contribution is 2.43. The van der Waals surface area contributed by atoms with Gasteiger partial charge < -0.3 is 25.5 Å². The first kappa shape index (κ1) is 33.8. The minimum atomic E-state index is -1.05. The number of phenolic OH excluding ortho intramolecular Hbond substituents is 2. The zero-order valence-corrected chi connectivity index (χ0v) is 25.9. The molecule has 0 bridgehead atoms. The van der Waals surface area contributed by atoms with E-state index in [0.29, 0.717) is 17.7 Å². The van der Waals surface area contributed by atoms with Gasteiger partial charge in [0.05, 0.1) is 6.61 Å². The molecule has 3 aromatic rings. The van der Waals surface area contributed by atoms with Gasteiger partial charge >= 0.3 is 0 Å². The number of carbonyl (C=O) groups is 3. The van der Waals surface area contributed by atoms with Crippen molar-refractivity contribution in [1.29, 1.82) is 0 Å². The lowest BCUT2D eigenvalue weighted by molar-refractivity contribution is -0.129. The van der Waals surface area contributed by atoms with Crippen molar-refractivity contribution in [1.82, 2.24) is 15.1 Å². The summed E-state index contributed by atoms with van der Waals surface area (Å²) in [5, 5.41) is 33.7. The third-order valence-electron chi connectivity index (χ3n) is 8.58. The van der Waals surface area contributed by atoms with E-state index in [4.69, 9.17) is 0 Å². The van der Waals surface area contributed by atoms with Gasteiger partial charge in [-0.25, -0.2) is 4.39 Å². The molecule has 9 nitrogen and oxygen atoms in total. The monoisotopic (exact) mass is 619 g/mol. The molecule has 240 valence electrons. The van der Waals surface area contributed by atoms with Crippen molar-refractivity contribution < 1.29 is 34.1 Å². The van der Waals surface area contributed by atoms with E-state index in [1.165, 1.54) is 36.4 Å². The fourth-order valence-electron chi connectivity index (χ4n) is 6.25. The lowest BCUT2D eigenvalue weighted by Crippen LogP contribution is -2.58. The quantitative estimate of drug-likeness (QED) is 0.168. The van der Waals surface area contributed by atoms with Crippen molar-refractivity contribution in [2.75, 3.05) is 46.9 Å². The first-order chi connectivity index (χ1) is 21.5. The molecule has 4 N–H and O–H groups in total. The van der Waals surface area contributed by atoms with Gasteiger partial charge in [-0.2, -0.15) is 0 Å². The summed E-state index contributed by atoms with van der Waals surface area (Å²) in [6.45, 7) is 2.32. The molecule has 0 saturated carbocycles. The highest BCUT2D eigenvalue weighted by molar-refractivity contribution is 6.02. The van der Waals surface area contributed by atoms with E-state index >= 15 is 0 Å². The molecule has 1 aliphatic rings. The SMILES string of the molecule is Cc1c(F)cccc1C1[C@@H](C(=O)c2cccc(O)c2)CN(C(CO)C(=O)NCCCCN(C)C)C[C@@H]1C(=O)c1cccc(O)c1. The molecule has 10 heteroatoms. The predicted molar refractivity (Wildman–Crippen MR) is 169 cm³/mol. The number of aliphatic hydroxyl groups is 1. The number of hydrogen-bond donors (Lipinski definition) is 4. The number of ketones is 2. The summed E-state index contributed by atoms with van der Waals surface area (Å²) in [6, 6.07) is 15.3. The van der Waals surface area contributed by atoms with E-state index in [2.05, 4.69) is 10.2 Å². The van der Waals surface area contributed by atoms with Crippen LogP contribution in [0, 0.1) is 24.6 Å². The fraction of sp³-hybridized carbons (Fsp3) is 0.400. The van der Waals surface area contributed by atoms with E-state index in [0.717, 1.165) is 19.4 Å². The highest BCUT2D eigenvalue weighted by atomic mass is 19.1.